The maximum atomic E-state index is 10.2. The van der Waals surface area contributed by atoms with Gasteiger partial charge in [-0.15, -0.1) is 0 Å². The summed E-state index contributed by atoms with van der Waals surface area (Å²) >= 11 is 0. The molecule has 0 aliphatic rings. The summed E-state index contributed by atoms with van der Waals surface area (Å²) < 4.78 is 4.61. The molecule has 0 aromatic heterocycles. The minimum Gasteiger partial charge on any atom is -0.383 e. The van der Waals surface area contributed by atoms with Crippen molar-refractivity contribution in [2.75, 3.05) is 20.3 Å². The second kappa shape index (κ2) is 8.10. The number of amides is 1. The third-order valence-corrected chi connectivity index (χ3v) is 0.712. The third-order valence-electron chi connectivity index (χ3n) is 0.712. The first-order valence-corrected chi connectivity index (χ1v) is 2.53. The highest BCUT2D eigenvalue weighted by molar-refractivity contribution is 6.23. The van der Waals surface area contributed by atoms with Crippen molar-refractivity contribution in [1.29, 1.82) is 0 Å². The van der Waals surface area contributed by atoms with Crippen LogP contribution in [0.4, 0.5) is 0 Å². The summed E-state index contributed by atoms with van der Waals surface area (Å²) in [5, 5.41) is 2.30. The molecule has 0 spiro atoms. The van der Waals surface area contributed by atoms with E-state index in [9.17, 15) is 9.59 Å². The van der Waals surface area contributed by atoms with Crippen LogP contribution in [0.15, 0.2) is 0 Å². The number of hydrogen-bond acceptors (Lipinski definition) is 3. The molecule has 0 aliphatic heterocycles. The Hall–Kier alpha value is -0.900. The molecule has 4 heteroatoms. The van der Waals surface area contributed by atoms with Gasteiger partial charge < -0.3 is 10.1 Å². The Morgan fingerprint density at radius 3 is 2.70 bits per heavy atom. The van der Waals surface area contributed by atoms with Crippen molar-refractivity contribution in [3.8, 4) is 0 Å². The second-order valence-electron chi connectivity index (χ2n) is 1.40. The first-order valence-electron chi connectivity index (χ1n) is 2.53. The molecule has 0 saturated heterocycles. The van der Waals surface area contributed by atoms with E-state index in [-0.39, 0.29) is 13.7 Å². The molecule has 0 radical (unpaired) electrons. The van der Waals surface area contributed by atoms with E-state index in [4.69, 9.17) is 0 Å². The summed E-state index contributed by atoms with van der Waals surface area (Å²) in [7, 11) is 1.52. The summed E-state index contributed by atoms with van der Waals surface area (Å²) in [6.07, 6.45) is 0.232. The fraction of sp³-hybridized carbons (Fsp3) is 0.667. The van der Waals surface area contributed by atoms with Crippen molar-refractivity contribution >= 4 is 12.2 Å². The summed E-state index contributed by atoms with van der Waals surface area (Å²) in [5.41, 5.74) is 0. The topological polar surface area (TPSA) is 55.4 Å². The third kappa shape index (κ3) is 7.10. The van der Waals surface area contributed by atoms with Gasteiger partial charge in [0.25, 0.3) is 5.91 Å². The van der Waals surface area contributed by atoms with Crippen LogP contribution < -0.4 is 5.32 Å². The average Bonchev–Trinajstić information content (AvgIpc) is 1.89. The van der Waals surface area contributed by atoms with Gasteiger partial charge in [0.05, 0.1) is 6.61 Å². The van der Waals surface area contributed by atoms with Crippen LogP contribution in [-0.4, -0.2) is 32.5 Å². The molecule has 0 fully saturated rings. The van der Waals surface area contributed by atoms with Crippen LogP contribution >= 0.6 is 0 Å². The minimum absolute atomic E-state index is 0. The number of methoxy groups -OCH3 is 1. The van der Waals surface area contributed by atoms with E-state index in [0.29, 0.717) is 13.2 Å². The fourth-order valence-corrected chi connectivity index (χ4v) is 0.318. The van der Waals surface area contributed by atoms with Crippen molar-refractivity contribution in [3.63, 3.8) is 0 Å². The Morgan fingerprint density at radius 1 is 1.70 bits per heavy atom. The quantitative estimate of drug-likeness (QED) is 0.334. The normalized spacial score (nSPS) is 7.70. The summed E-state index contributed by atoms with van der Waals surface area (Å²) in [6, 6.07) is 0. The highest BCUT2D eigenvalue weighted by atomic mass is 16.5. The standard InChI is InChI=1S/C5H9NO3.CH4/c1-9-3-2-6-5(8)4-7;/h4H,2-3H2,1H3,(H,6,8);1H4. The van der Waals surface area contributed by atoms with Gasteiger partial charge >= 0.3 is 0 Å². The Morgan fingerprint density at radius 2 is 2.30 bits per heavy atom. The molecule has 1 N–H and O–H groups in total. The molecule has 60 valence electrons. The zero-order valence-corrected chi connectivity index (χ0v) is 5.22. The molecule has 10 heavy (non-hydrogen) atoms. The van der Waals surface area contributed by atoms with Crippen molar-refractivity contribution in [3.05, 3.63) is 0 Å². The molecule has 1 amide bonds. The first-order chi connectivity index (χ1) is 4.31. The van der Waals surface area contributed by atoms with Crippen LogP contribution in [0.3, 0.4) is 0 Å². The van der Waals surface area contributed by atoms with Crippen LogP contribution in [0.2, 0.25) is 0 Å². The molecule has 0 aliphatic carbocycles. The molecular formula is C6H13NO3. The molecule has 0 unspecified atom stereocenters. The van der Waals surface area contributed by atoms with Gasteiger partial charge in [-0.1, -0.05) is 7.43 Å². The second-order valence-corrected chi connectivity index (χ2v) is 1.40. The lowest BCUT2D eigenvalue weighted by molar-refractivity contribution is -0.131. The monoisotopic (exact) mass is 147 g/mol. The smallest absolute Gasteiger partial charge is 0.284 e. The van der Waals surface area contributed by atoms with Gasteiger partial charge in [0.15, 0.2) is 0 Å². The predicted octanol–water partition coefficient (Wildman–Crippen LogP) is -0.416. The number of hydrogen-bond donors (Lipinski definition) is 1. The zero-order chi connectivity index (χ0) is 7.11. The van der Waals surface area contributed by atoms with Crippen molar-refractivity contribution in [2.24, 2.45) is 0 Å². The van der Waals surface area contributed by atoms with Crippen LogP contribution in [0.5, 0.6) is 0 Å². The lowest BCUT2D eigenvalue weighted by atomic mass is 10.6. The van der Waals surface area contributed by atoms with Crippen LogP contribution in [-0.2, 0) is 14.3 Å². The van der Waals surface area contributed by atoms with Crippen LogP contribution in [0.25, 0.3) is 0 Å². The van der Waals surface area contributed by atoms with Crippen molar-refractivity contribution in [1.82, 2.24) is 5.32 Å². The van der Waals surface area contributed by atoms with Crippen LogP contribution in [0.1, 0.15) is 7.43 Å². The summed E-state index contributed by atoms with van der Waals surface area (Å²) in [5.74, 6) is -0.605. The Bertz CT molecular complexity index is 103. The molecule has 0 aromatic carbocycles. The molecule has 0 saturated carbocycles. The van der Waals surface area contributed by atoms with Crippen molar-refractivity contribution < 1.29 is 14.3 Å². The van der Waals surface area contributed by atoms with Gasteiger partial charge in [-0.2, -0.15) is 0 Å². The summed E-state index contributed by atoms with van der Waals surface area (Å²) in [6.45, 7) is 0.813. The minimum atomic E-state index is -0.605. The van der Waals surface area contributed by atoms with E-state index in [1.807, 2.05) is 0 Å². The number of aldehydes is 1. The molecular weight excluding hydrogens is 134 g/mol. The lowest BCUT2D eigenvalue weighted by Crippen LogP contribution is -2.27. The molecule has 4 nitrogen and oxygen atoms in total. The SMILES string of the molecule is C.COCCNC(=O)C=O. The zero-order valence-electron chi connectivity index (χ0n) is 5.22. The van der Waals surface area contributed by atoms with Gasteiger partial charge in [0.1, 0.15) is 0 Å². The molecule has 0 aromatic rings. The lowest BCUT2D eigenvalue weighted by Gasteiger charge is -1.96. The van der Waals surface area contributed by atoms with Crippen LogP contribution in [0, 0.1) is 0 Å². The number of carbonyl (C=O) groups excluding carboxylic acids is 2. The Balaban J connectivity index is 0. The Kier molecular flexibility index (Phi) is 9.59. The van der Waals surface area contributed by atoms with E-state index in [0.717, 1.165) is 0 Å². The van der Waals surface area contributed by atoms with E-state index in [1.54, 1.807) is 0 Å². The van der Waals surface area contributed by atoms with E-state index in [2.05, 4.69) is 10.1 Å². The average molecular weight is 147 g/mol. The molecule has 0 bridgehead atoms. The van der Waals surface area contributed by atoms with Gasteiger partial charge in [0, 0.05) is 13.7 Å². The maximum Gasteiger partial charge on any atom is 0.284 e. The number of ether oxygens (including phenoxy) is 1. The number of rotatable bonds is 4. The number of carbonyl (C=O) groups is 2. The summed E-state index contributed by atoms with van der Waals surface area (Å²) in [4.78, 5) is 19.8. The highest BCUT2D eigenvalue weighted by Crippen LogP contribution is 1.62. The fourth-order valence-electron chi connectivity index (χ4n) is 0.318. The molecule has 0 rings (SSSR count). The van der Waals surface area contributed by atoms with Crippen molar-refractivity contribution in [2.45, 2.75) is 7.43 Å². The first kappa shape index (κ1) is 11.8. The van der Waals surface area contributed by atoms with E-state index < -0.39 is 5.91 Å². The Labute approximate surface area is 60.6 Å². The van der Waals surface area contributed by atoms with Gasteiger partial charge in [-0.3, -0.25) is 9.59 Å². The van der Waals surface area contributed by atoms with Gasteiger partial charge in [-0.25, -0.2) is 0 Å². The van der Waals surface area contributed by atoms with E-state index in [1.165, 1.54) is 7.11 Å². The maximum absolute atomic E-state index is 10.2. The molecule has 0 atom stereocenters. The number of nitrogens with one attached hydrogen (secondary N) is 1. The van der Waals surface area contributed by atoms with Gasteiger partial charge in [-0.05, 0) is 0 Å². The largest absolute Gasteiger partial charge is 0.383 e. The highest BCUT2D eigenvalue weighted by Gasteiger charge is 1.92. The predicted molar refractivity (Wildman–Crippen MR) is 37.7 cm³/mol. The van der Waals surface area contributed by atoms with E-state index >= 15 is 0 Å². The van der Waals surface area contributed by atoms with Gasteiger partial charge in [0.2, 0.25) is 6.29 Å². The molecule has 0 heterocycles.